The summed E-state index contributed by atoms with van der Waals surface area (Å²) < 4.78 is 0. The van der Waals surface area contributed by atoms with Gasteiger partial charge >= 0.3 is 0 Å². The van der Waals surface area contributed by atoms with Gasteiger partial charge in [0.05, 0.1) is 0 Å². The van der Waals surface area contributed by atoms with E-state index in [9.17, 15) is 4.79 Å². The Hall–Kier alpha value is -0.610. The van der Waals surface area contributed by atoms with Crippen LogP contribution in [0.5, 0.6) is 0 Å². The minimum atomic E-state index is 0.0383. The predicted molar refractivity (Wildman–Crippen MR) is 65.9 cm³/mol. The summed E-state index contributed by atoms with van der Waals surface area (Å²) in [5.74, 6) is 0.990. The monoisotopic (exact) mass is 230 g/mol. The van der Waals surface area contributed by atoms with E-state index >= 15 is 0 Å². The topological polar surface area (TPSA) is 75.4 Å². The van der Waals surface area contributed by atoms with E-state index in [2.05, 4.69) is 19.2 Å². The standard InChI is InChI=1S/C12H26N2O2/c1-9(2)4-11(6-13)5-12(16)14-7-10(3)8-15/h9-11,15H,4-8,13H2,1-3H3,(H,14,16)/t10?,11-/m0/s1. The second-order valence-electron chi connectivity index (χ2n) is 5.03. The fraction of sp³-hybridized carbons (Fsp3) is 0.917. The van der Waals surface area contributed by atoms with Crippen LogP contribution >= 0.6 is 0 Å². The van der Waals surface area contributed by atoms with E-state index in [0.717, 1.165) is 6.42 Å². The minimum Gasteiger partial charge on any atom is -0.396 e. The lowest BCUT2D eigenvalue weighted by molar-refractivity contribution is -0.122. The van der Waals surface area contributed by atoms with Crippen LogP contribution in [0.3, 0.4) is 0 Å². The van der Waals surface area contributed by atoms with Crippen LogP contribution in [0.1, 0.15) is 33.6 Å². The number of carbonyl (C=O) groups excluding carboxylic acids is 1. The van der Waals surface area contributed by atoms with Gasteiger partial charge in [0.2, 0.25) is 5.91 Å². The van der Waals surface area contributed by atoms with Gasteiger partial charge in [-0.1, -0.05) is 20.8 Å². The maximum absolute atomic E-state index is 11.6. The molecule has 0 aliphatic heterocycles. The lowest BCUT2D eigenvalue weighted by Gasteiger charge is -2.17. The van der Waals surface area contributed by atoms with Crippen molar-refractivity contribution in [1.29, 1.82) is 0 Å². The summed E-state index contributed by atoms with van der Waals surface area (Å²) in [6.45, 7) is 7.36. The van der Waals surface area contributed by atoms with Crippen molar-refractivity contribution in [3.8, 4) is 0 Å². The molecule has 0 spiro atoms. The Kier molecular flexibility index (Phi) is 8.21. The molecule has 4 N–H and O–H groups in total. The number of hydrogen-bond donors (Lipinski definition) is 3. The highest BCUT2D eigenvalue weighted by Crippen LogP contribution is 2.13. The molecule has 0 rings (SSSR count). The molecule has 2 atom stereocenters. The van der Waals surface area contributed by atoms with E-state index in [0.29, 0.717) is 25.4 Å². The van der Waals surface area contributed by atoms with Gasteiger partial charge in [-0.3, -0.25) is 4.79 Å². The first-order chi connectivity index (χ1) is 7.49. The van der Waals surface area contributed by atoms with Crippen LogP contribution < -0.4 is 11.1 Å². The van der Waals surface area contributed by atoms with Gasteiger partial charge in [-0.25, -0.2) is 0 Å². The highest BCUT2D eigenvalue weighted by atomic mass is 16.3. The summed E-state index contributed by atoms with van der Waals surface area (Å²) in [7, 11) is 0. The fourth-order valence-electron chi connectivity index (χ4n) is 1.62. The van der Waals surface area contributed by atoms with E-state index in [1.807, 2.05) is 6.92 Å². The lowest BCUT2D eigenvalue weighted by atomic mass is 9.94. The quantitative estimate of drug-likeness (QED) is 0.576. The van der Waals surface area contributed by atoms with Crippen LogP contribution in [0.25, 0.3) is 0 Å². The number of carbonyl (C=O) groups is 1. The van der Waals surface area contributed by atoms with Crippen molar-refractivity contribution in [2.75, 3.05) is 19.7 Å². The van der Waals surface area contributed by atoms with Gasteiger partial charge in [0.25, 0.3) is 0 Å². The molecule has 0 aromatic rings. The Morgan fingerprint density at radius 2 is 2.00 bits per heavy atom. The molecule has 0 bridgehead atoms. The van der Waals surface area contributed by atoms with Gasteiger partial charge in [-0.05, 0) is 30.7 Å². The van der Waals surface area contributed by atoms with Crippen molar-refractivity contribution in [2.45, 2.75) is 33.6 Å². The van der Waals surface area contributed by atoms with Crippen LogP contribution in [0.2, 0.25) is 0 Å². The molecular weight excluding hydrogens is 204 g/mol. The Morgan fingerprint density at radius 3 is 2.44 bits per heavy atom. The van der Waals surface area contributed by atoms with Crippen LogP contribution in [0.4, 0.5) is 0 Å². The van der Waals surface area contributed by atoms with Crippen molar-refractivity contribution < 1.29 is 9.90 Å². The third kappa shape index (κ3) is 7.65. The molecule has 0 aromatic heterocycles. The molecule has 4 heteroatoms. The molecule has 0 saturated heterocycles. The molecule has 0 heterocycles. The number of amides is 1. The number of aliphatic hydroxyl groups is 1. The summed E-state index contributed by atoms with van der Waals surface area (Å²) in [5.41, 5.74) is 5.63. The zero-order valence-electron chi connectivity index (χ0n) is 10.7. The van der Waals surface area contributed by atoms with Crippen LogP contribution in [0.15, 0.2) is 0 Å². The molecule has 0 fully saturated rings. The molecule has 0 aromatic carbocycles. The van der Waals surface area contributed by atoms with Gasteiger partial charge in [-0.2, -0.15) is 0 Å². The van der Waals surface area contributed by atoms with Gasteiger partial charge in [0, 0.05) is 19.6 Å². The van der Waals surface area contributed by atoms with E-state index in [-0.39, 0.29) is 24.3 Å². The SMILES string of the molecule is CC(C)C[C@H](CN)CC(=O)NCC(C)CO. The highest BCUT2D eigenvalue weighted by molar-refractivity contribution is 5.76. The third-order valence-corrected chi connectivity index (χ3v) is 2.57. The average Bonchev–Trinajstić information content (AvgIpc) is 2.24. The Labute approximate surface area is 98.6 Å². The van der Waals surface area contributed by atoms with E-state index < -0.39 is 0 Å². The summed E-state index contributed by atoms with van der Waals surface area (Å²) >= 11 is 0. The molecule has 1 amide bonds. The number of rotatable bonds is 8. The summed E-state index contributed by atoms with van der Waals surface area (Å²) in [6, 6.07) is 0. The predicted octanol–water partition coefficient (Wildman–Crippen LogP) is 0.742. The van der Waals surface area contributed by atoms with Crippen molar-refractivity contribution in [3.05, 3.63) is 0 Å². The third-order valence-electron chi connectivity index (χ3n) is 2.57. The van der Waals surface area contributed by atoms with E-state index in [4.69, 9.17) is 10.8 Å². The molecule has 16 heavy (non-hydrogen) atoms. The minimum absolute atomic E-state index is 0.0383. The lowest BCUT2D eigenvalue weighted by Crippen LogP contribution is -2.32. The first kappa shape index (κ1) is 15.4. The Bertz CT molecular complexity index is 195. The molecule has 0 aliphatic carbocycles. The molecule has 0 radical (unpaired) electrons. The zero-order valence-corrected chi connectivity index (χ0v) is 10.7. The second kappa shape index (κ2) is 8.53. The Balaban J connectivity index is 3.82. The normalized spacial score (nSPS) is 14.9. The molecule has 96 valence electrons. The molecule has 0 aliphatic rings. The van der Waals surface area contributed by atoms with Crippen LogP contribution in [-0.4, -0.2) is 30.7 Å². The smallest absolute Gasteiger partial charge is 0.220 e. The maximum atomic E-state index is 11.6. The summed E-state index contributed by atoms with van der Waals surface area (Å²) in [4.78, 5) is 11.6. The van der Waals surface area contributed by atoms with Gasteiger partial charge in [0.15, 0.2) is 0 Å². The molecular formula is C12H26N2O2. The second-order valence-corrected chi connectivity index (χ2v) is 5.03. The van der Waals surface area contributed by atoms with Gasteiger partial charge in [0.1, 0.15) is 0 Å². The Morgan fingerprint density at radius 1 is 1.38 bits per heavy atom. The molecule has 4 nitrogen and oxygen atoms in total. The first-order valence-electron chi connectivity index (χ1n) is 6.07. The van der Waals surface area contributed by atoms with Gasteiger partial charge in [-0.15, -0.1) is 0 Å². The first-order valence-corrected chi connectivity index (χ1v) is 6.07. The van der Waals surface area contributed by atoms with Crippen molar-refractivity contribution >= 4 is 5.91 Å². The largest absolute Gasteiger partial charge is 0.396 e. The maximum Gasteiger partial charge on any atom is 0.220 e. The van der Waals surface area contributed by atoms with Crippen molar-refractivity contribution in [2.24, 2.45) is 23.5 Å². The van der Waals surface area contributed by atoms with Crippen LogP contribution in [-0.2, 0) is 4.79 Å². The molecule has 1 unspecified atom stereocenters. The van der Waals surface area contributed by atoms with E-state index in [1.54, 1.807) is 0 Å². The number of nitrogens with one attached hydrogen (secondary N) is 1. The number of nitrogens with two attached hydrogens (primary N) is 1. The van der Waals surface area contributed by atoms with Crippen molar-refractivity contribution in [1.82, 2.24) is 5.32 Å². The summed E-state index contributed by atoms with van der Waals surface area (Å²) in [5, 5.41) is 11.6. The fourth-order valence-corrected chi connectivity index (χ4v) is 1.62. The number of hydrogen-bond acceptors (Lipinski definition) is 3. The summed E-state index contributed by atoms with van der Waals surface area (Å²) in [6.07, 6.45) is 1.48. The highest BCUT2D eigenvalue weighted by Gasteiger charge is 2.14. The molecule has 0 saturated carbocycles. The average molecular weight is 230 g/mol. The van der Waals surface area contributed by atoms with Crippen LogP contribution in [0, 0.1) is 17.8 Å². The number of aliphatic hydroxyl groups excluding tert-OH is 1. The van der Waals surface area contributed by atoms with E-state index in [1.165, 1.54) is 0 Å². The zero-order chi connectivity index (χ0) is 12.6. The van der Waals surface area contributed by atoms with Gasteiger partial charge < -0.3 is 16.2 Å². The van der Waals surface area contributed by atoms with Crippen molar-refractivity contribution in [3.63, 3.8) is 0 Å².